The largest absolute Gasteiger partial charge is 0.153 e. The van der Waals surface area contributed by atoms with Crippen molar-refractivity contribution >= 4 is 23.6 Å². The zero-order chi connectivity index (χ0) is 36.4. The third-order valence-electron chi connectivity index (χ3n) is 11.1. The van der Waals surface area contributed by atoms with E-state index in [1.54, 1.807) is 0 Å². The molecule has 0 aromatic heterocycles. The van der Waals surface area contributed by atoms with Crippen molar-refractivity contribution in [3.63, 3.8) is 0 Å². The van der Waals surface area contributed by atoms with E-state index in [0.717, 1.165) is 0 Å². The smallest absolute Gasteiger partial charge is 0.0624 e. The highest BCUT2D eigenvalue weighted by molar-refractivity contribution is 7.13. The third-order valence-corrected chi connectivity index (χ3v) is 17.0. The topological polar surface area (TPSA) is 0 Å². The lowest BCUT2D eigenvalue weighted by Crippen LogP contribution is -2.72. The molecule has 0 saturated heterocycles. The molecule has 0 radical (unpaired) electrons. The predicted molar refractivity (Wildman–Crippen MR) is 226 cm³/mol. The van der Waals surface area contributed by atoms with Gasteiger partial charge in [-0.1, -0.05) is 236 Å². The summed E-state index contributed by atoms with van der Waals surface area (Å²) in [7, 11) is -2.41. The highest BCUT2D eigenvalue weighted by atomic mass is 28.3. The zero-order valence-corrected chi connectivity index (χ0v) is 32.5. The second-order valence-electron chi connectivity index (χ2n) is 16.2. The van der Waals surface area contributed by atoms with Gasteiger partial charge in [0.25, 0.3) is 0 Å². The quantitative estimate of drug-likeness (QED) is 0.110. The first kappa shape index (κ1) is 35.2. The van der Waals surface area contributed by atoms with Crippen molar-refractivity contribution in [3.8, 4) is 11.1 Å². The van der Waals surface area contributed by atoms with E-state index < -0.39 is 13.5 Å². The van der Waals surface area contributed by atoms with Crippen LogP contribution in [0.5, 0.6) is 0 Å². The molecule has 7 rings (SSSR count). The van der Waals surface area contributed by atoms with Gasteiger partial charge in [-0.2, -0.15) is 0 Å². The van der Waals surface area contributed by atoms with E-state index in [-0.39, 0.29) is 10.5 Å². The van der Waals surface area contributed by atoms with Gasteiger partial charge in [-0.25, -0.2) is 0 Å². The minimum Gasteiger partial charge on any atom is -0.0624 e. The first-order valence-electron chi connectivity index (χ1n) is 18.6. The molecule has 0 unspecified atom stereocenters. The fourth-order valence-electron chi connectivity index (χ4n) is 8.60. The Morgan fingerprint density at radius 2 is 0.577 bits per heavy atom. The maximum Gasteiger partial charge on any atom is 0.153 e. The van der Waals surface area contributed by atoms with Crippen LogP contribution in [0.4, 0.5) is 0 Å². The molecule has 52 heavy (non-hydrogen) atoms. The minimum atomic E-state index is -2.41. The number of rotatable bonds is 8. The summed E-state index contributed by atoms with van der Waals surface area (Å²) in [5.74, 6) is 0. The Balaban J connectivity index is 1.35. The van der Waals surface area contributed by atoms with Gasteiger partial charge in [-0.15, -0.1) is 0 Å². The highest BCUT2D eigenvalue weighted by Crippen LogP contribution is 2.46. The molecule has 0 aliphatic heterocycles. The van der Waals surface area contributed by atoms with Gasteiger partial charge >= 0.3 is 0 Å². The Morgan fingerprint density at radius 1 is 0.288 bits per heavy atom. The Hall–Kier alpha value is -5.24. The van der Waals surface area contributed by atoms with Gasteiger partial charge in [0.2, 0.25) is 0 Å². The summed E-state index contributed by atoms with van der Waals surface area (Å²) in [6.45, 7) is 14.1. The average molecular weight is 691 g/mol. The molecule has 0 aliphatic carbocycles. The van der Waals surface area contributed by atoms with Crippen LogP contribution in [0, 0.1) is 0 Å². The first-order valence-corrected chi connectivity index (χ1v) is 20.6. The molecular formula is C51H50Si. The first-order chi connectivity index (χ1) is 25.1. The van der Waals surface area contributed by atoms with Crippen LogP contribution in [0.25, 0.3) is 11.1 Å². The molecule has 0 spiro atoms. The van der Waals surface area contributed by atoms with Crippen LogP contribution in [-0.4, -0.2) is 8.07 Å². The van der Waals surface area contributed by atoms with Gasteiger partial charge < -0.3 is 0 Å². The van der Waals surface area contributed by atoms with Crippen molar-refractivity contribution in [2.24, 2.45) is 0 Å². The lowest BCUT2D eigenvalue weighted by atomic mass is 9.64. The zero-order valence-electron chi connectivity index (χ0n) is 31.5. The highest BCUT2D eigenvalue weighted by Gasteiger charge is 2.49. The summed E-state index contributed by atoms with van der Waals surface area (Å²) in [6.07, 6.45) is 0. The van der Waals surface area contributed by atoms with E-state index >= 15 is 0 Å². The SMILES string of the molecule is CC(C)(C)c1ccc(C(c2ccccc2)(c2ccccc2)c2ccc(-c3ccc([Si](c4ccccc4)(c4ccccc4)C(C)(C)C)cc3)cc2)cc1. The molecule has 0 bridgehead atoms. The van der Waals surface area contributed by atoms with Gasteiger partial charge in [0, 0.05) is 0 Å². The van der Waals surface area contributed by atoms with Crippen molar-refractivity contribution in [2.75, 3.05) is 0 Å². The number of hydrogen-bond acceptors (Lipinski definition) is 0. The molecule has 0 aliphatic rings. The molecule has 0 amide bonds. The summed E-state index contributed by atoms with van der Waals surface area (Å²) in [5.41, 5.74) is 8.41. The van der Waals surface area contributed by atoms with E-state index in [1.807, 2.05) is 0 Å². The Kier molecular flexibility index (Phi) is 9.51. The maximum absolute atomic E-state index is 2.42. The number of hydrogen-bond donors (Lipinski definition) is 0. The van der Waals surface area contributed by atoms with E-state index in [1.165, 1.54) is 54.5 Å². The van der Waals surface area contributed by atoms with E-state index in [0.29, 0.717) is 0 Å². The lowest BCUT2D eigenvalue weighted by molar-refractivity contribution is 0.589. The Labute approximate surface area is 312 Å². The fraction of sp³-hybridized carbons (Fsp3) is 0.176. The van der Waals surface area contributed by atoms with Crippen molar-refractivity contribution in [2.45, 2.75) is 57.4 Å². The van der Waals surface area contributed by atoms with Gasteiger partial charge in [0.05, 0.1) is 5.41 Å². The van der Waals surface area contributed by atoms with Crippen LogP contribution in [0.3, 0.4) is 0 Å². The van der Waals surface area contributed by atoms with Gasteiger partial charge in [0.1, 0.15) is 0 Å². The Bertz CT molecular complexity index is 2110. The van der Waals surface area contributed by atoms with Crippen LogP contribution >= 0.6 is 0 Å². The molecule has 0 atom stereocenters. The summed E-state index contributed by atoms with van der Waals surface area (Å²) in [4.78, 5) is 0. The standard InChI is InChI=1S/C51H50Si/c1-49(2,3)41-33-35-45(36-34-41)51(42-19-11-7-12-20-42,43-21-13-8-14-22-43)44-31-27-39(28-32-44)40-29-37-48(38-30-40)52(50(4,5)6,46-23-15-9-16-24-46)47-25-17-10-18-26-47/h7-38H,1-6H3. The molecule has 0 N–H and O–H groups in total. The predicted octanol–water partition coefficient (Wildman–Crippen LogP) is 11.3. The van der Waals surface area contributed by atoms with Crippen LogP contribution in [0.15, 0.2) is 194 Å². The van der Waals surface area contributed by atoms with Gasteiger partial charge in [0.15, 0.2) is 8.07 Å². The molecule has 258 valence electrons. The second-order valence-corrected chi connectivity index (χ2v) is 20.9. The normalized spacial score (nSPS) is 12.4. The molecular weight excluding hydrogens is 641 g/mol. The van der Waals surface area contributed by atoms with Crippen molar-refractivity contribution in [3.05, 3.63) is 222 Å². The van der Waals surface area contributed by atoms with Crippen LogP contribution in [0.1, 0.15) is 69.4 Å². The van der Waals surface area contributed by atoms with Crippen molar-refractivity contribution < 1.29 is 0 Å². The lowest BCUT2D eigenvalue weighted by Gasteiger charge is -2.44. The second kappa shape index (κ2) is 14.1. The maximum atomic E-state index is 2.42. The molecule has 7 aromatic rings. The molecule has 7 aromatic carbocycles. The van der Waals surface area contributed by atoms with E-state index in [4.69, 9.17) is 0 Å². The van der Waals surface area contributed by atoms with Gasteiger partial charge in [-0.3, -0.25) is 0 Å². The average Bonchev–Trinajstić information content (AvgIpc) is 3.17. The molecule has 0 nitrogen and oxygen atoms in total. The monoisotopic (exact) mass is 690 g/mol. The van der Waals surface area contributed by atoms with Crippen LogP contribution in [0.2, 0.25) is 5.04 Å². The minimum absolute atomic E-state index is 0.0438. The summed E-state index contributed by atoms with van der Waals surface area (Å²) >= 11 is 0. The molecule has 0 fully saturated rings. The molecule has 0 heterocycles. The van der Waals surface area contributed by atoms with Crippen molar-refractivity contribution in [1.29, 1.82) is 0 Å². The summed E-state index contributed by atoms with van der Waals surface area (Å²) < 4.78 is 0. The van der Waals surface area contributed by atoms with Crippen LogP contribution in [-0.2, 0) is 10.8 Å². The number of benzene rings is 7. The Morgan fingerprint density at radius 3 is 0.942 bits per heavy atom. The van der Waals surface area contributed by atoms with Crippen LogP contribution < -0.4 is 15.6 Å². The van der Waals surface area contributed by atoms with Crippen molar-refractivity contribution in [1.82, 2.24) is 0 Å². The summed E-state index contributed by atoms with van der Waals surface area (Å²) in [5, 5.41) is 4.37. The van der Waals surface area contributed by atoms with E-state index in [2.05, 4.69) is 236 Å². The molecule has 0 saturated carbocycles. The third kappa shape index (κ3) is 6.18. The summed E-state index contributed by atoms with van der Waals surface area (Å²) in [6, 6.07) is 72.6. The fourth-order valence-corrected chi connectivity index (χ4v) is 14.2. The molecule has 1 heteroatoms. The van der Waals surface area contributed by atoms with E-state index in [9.17, 15) is 0 Å². The van der Waals surface area contributed by atoms with Gasteiger partial charge in [-0.05, 0) is 65.0 Å².